The molecule has 1 spiro atoms. The Hall–Kier alpha value is -1.49. The molecule has 1 amide bonds. The molecular weight excluding hydrogens is 310 g/mol. The van der Waals surface area contributed by atoms with Crippen molar-refractivity contribution in [1.29, 1.82) is 0 Å². The van der Waals surface area contributed by atoms with Gasteiger partial charge < -0.3 is 5.11 Å². The van der Waals surface area contributed by atoms with Gasteiger partial charge in [-0.3, -0.25) is 9.10 Å². The average Bonchev–Trinajstić information content (AvgIpc) is 3.11. The molecule has 1 saturated heterocycles. The van der Waals surface area contributed by atoms with Gasteiger partial charge in [0.25, 0.3) is 5.91 Å². The molecule has 5 heteroatoms. The van der Waals surface area contributed by atoms with E-state index in [4.69, 9.17) is 0 Å². The lowest BCUT2D eigenvalue weighted by atomic mass is 9.69. The van der Waals surface area contributed by atoms with E-state index in [1.165, 1.54) is 18.9 Å². The van der Waals surface area contributed by atoms with Gasteiger partial charge >= 0.3 is 5.97 Å². The Kier molecular flexibility index (Phi) is 3.12. The zero-order chi connectivity index (χ0) is 16.4. The van der Waals surface area contributed by atoms with E-state index in [1.807, 2.05) is 4.31 Å². The average molecular weight is 331 g/mol. The van der Waals surface area contributed by atoms with Crippen LogP contribution in [0, 0.1) is 16.7 Å². The highest BCUT2D eigenvalue weighted by molar-refractivity contribution is 7.97. The SMILES string of the molecule is CC1(C)C2CCC13CSN(C(=O)c1ccccc1C(=O)O)C3C2. The maximum atomic E-state index is 13.0. The number of rotatable bonds is 2. The first-order valence-electron chi connectivity index (χ1n) is 8.17. The summed E-state index contributed by atoms with van der Waals surface area (Å²) >= 11 is 1.60. The second kappa shape index (κ2) is 4.76. The van der Waals surface area contributed by atoms with Crippen LogP contribution in [0.15, 0.2) is 24.3 Å². The van der Waals surface area contributed by atoms with Crippen molar-refractivity contribution in [2.24, 2.45) is 16.7 Å². The summed E-state index contributed by atoms with van der Waals surface area (Å²) in [6, 6.07) is 6.79. The molecule has 0 aromatic heterocycles. The standard InChI is InChI=1S/C18H21NO3S/c1-17(2)11-7-8-18(17)10-23-19(14(18)9-11)15(20)12-5-3-4-6-13(12)16(21)22/h3-6,11,14H,7-10H2,1-2H3,(H,21,22). The van der Waals surface area contributed by atoms with Gasteiger partial charge in [-0.1, -0.05) is 26.0 Å². The molecule has 2 aliphatic carbocycles. The molecule has 3 atom stereocenters. The quantitative estimate of drug-likeness (QED) is 0.840. The number of hydrogen-bond acceptors (Lipinski definition) is 3. The topological polar surface area (TPSA) is 57.6 Å². The van der Waals surface area contributed by atoms with Gasteiger partial charge in [0.05, 0.1) is 17.2 Å². The molecule has 0 radical (unpaired) electrons. The number of hydrogen-bond donors (Lipinski definition) is 1. The van der Waals surface area contributed by atoms with Crippen LogP contribution in [0.3, 0.4) is 0 Å². The van der Waals surface area contributed by atoms with Gasteiger partial charge in [0.15, 0.2) is 0 Å². The fraction of sp³-hybridized carbons (Fsp3) is 0.556. The summed E-state index contributed by atoms with van der Waals surface area (Å²) in [5.41, 5.74) is 0.883. The van der Waals surface area contributed by atoms with Crippen LogP contribution >= 0.6 is 11.9 Å². The third-order valence-corrected chi connectivity index (χ3v) is 8.06. The van der Waals surface area contributed by atoms with E-state index in [0.29, 0.717) is 11.5 Å². The highest BCUT2D eigenvalue weighted by atomic mass is 32.2. The summed E-state index contributed by atoms with van der Waals surface area (Å²) in [6.07, 6.45) is 3.51. The Balaban J connectivity index is 1.69. The smallest absolute Gasteiger partial charge is 0.336 e. The molecule has 1 aromatic carbocycles. The van der Waals surface area contributed by atoms with Gasteiger partial charge in [-0.05, 0) is 54.7 Å². The van der Waals surface area contributed by atoms with Gasteiger partial charge in [-0.2, -0.15) is 0 Å². The highest BCUT2D eigenvalue weighted by Gasteiger charge is 2.68. The Morgan fingerprint density at radius 1 is 1.26 bits per heavy atom. The summed E-state index contributed by atoms with van der Waals surface area (Å²) in [4.78, 5) is 24.5. The van der Waals surface area contributed by atoms with E-state index >= 15 is 0 Å². The first-order chi connectivity index (χ1) is 10.9. The molecule has 4 nitrogen and oxygen atoms in total. The van der Waals surface area contributed by atoms with E-state index in [2.05, 4.69) is 13.8 Å². The van der Waals surface area contributed by atoms with Crippen molar-refractivity contribution in [3.05, 3.63) is 35.4 Å². The van der Waals surface area contributed by atoms with E-state index in [-0.39, 0.29) is 28.3 Å². The number of carbonyl (C=O) groups excluding carboxylic acids is 1. The third kappa shape index (κ3) is 1.80. The van der Waals surface area contributed by atoms with Crippen LogP contribution in [0.4, 0.5) is 0 Å². The Labute approximate surface area is 140 Å². The first kappa shape index (κ1) is 15.1. The lowest BCUT2D eigenvalue weighted by Gasteiger charge is -2.37. The number of amides is 1. The van der Waals surface area contributed by atoms with Gasteiger partial charge in [0.2, 0.25) is 0 Å². The highest BCUT2D eigenvalue weighted by Crippen LogP contribution is 2.71. The molecule has 1 aliphatic heterocycles. The normalized spacial score (nSPS) is 33.7. The number of carboxylic acid groups (broad SMARTS) is 1. The number of aromatic carboxylic acids is 1. The number of carbonyl (C=O) groups is 2. The van der Waals surface area contributed by atoms with Crippen LogP contribution in [-0.2, 0) is 0 Å². The number of carboxylic acids is 1. The predicted octanol–water partition coefficient (Wildman–Crippen LogP) is 3.68. The minimum atomic E-state index is -1.04. The minimum absolute atomic E-state index is 0.0986. The molecule has 3 unspecified atom stereocenters. The van der Waals surface area contributed by atoms with Crippen LogP contribution < -0.4 is 0 Å². The largest absolute Gasteiger partial charge is 0.478 e. The molecule has 23 heavy (non-hydrogen) atoms. The molecule has 4 rings (SSSR count). The first-order valence-corrected chi connectivity index (χ1v) is 9.11. The van der Waals surface area contributed by atoms with Crippen LogP contribution in [-0.4, -0.2) is 33.1 Å². The lowest BCUT2D eigenvalue weighted by molar-refractivity contribution is 0.0662. The molecule has 3 fully saturated rings. The van der Waals surface area contributed by atoms with Crippen LogP contribution in [0.2, 0.25) is 0 Å². The van der Waals surface area contributed by atoms with Crippen molar-refractivity contribution < 1.29 is 14.7 Å². The predicted molar refractivity (Wildman–Crippen MR) is 89.4 cm³/mol. The zero-order valence-corrected chi connectivity index (χ0v) is 14.2. The monoisotopic (exact) mass is 331 g/mol. The van der Waals surface area contributed by atoms with Crippen molar-refractivity contribution in [2.75, 3.05) is 5.75 Å². The molecular formula is C18H21NO3S. The van der Waals surface area contributed by atoms with Gasteiger partial charge in [-0.25, -0.2) is 4.79 Å². The molecule has 1 heterocycles. The number of fused-ring (bicyclic) bond motifs is 1. The maximum absolute atomic E-state index is 13.0. The summed E-state index contributed by atoms with van der Waals surface area (Å²) in [5.74, 6) is 0.472. The van der Waals surface area contributed by atoms with Crippen LogP contribution in [0.1, 0.15) is 53.8 Å². The molecule has 122 valence electrons. The zero-order valence-electron chi connectivity index (χ0n) is 13.4. The second-order valence-electron chi connectivity index (χ2n) is 7.62. The van der Waals surface area contributed by atoms with Crippen molar-refractivity contribution in [1.82, 2.24) is 4.31 Å². The summed E-state index contributed by atoms with van der Waals surface area (Å²) in [5, 5.41) is 9.35. The summed E-state index contributed by atoms with van der Waals surface area (Å²) in [6.45, 7) is 4.70. The third-order valence-electron chi connectivity index (χ3n) is 6.72. The van der Waals surface area contributed by atoms with E-state index in [9.17, 15) is 14.7 Å². The molecule has 2 saturated carbocycles. The van der Waals surface area contributed by atoms with E-state index in [1.54, 1.807) is 30.1 Å². The Bertz CT molecular complexity index is 701. The van der Waals surface area contributed by atoms with Gasteiger partial charge in [0.1, 0.15) is 0 Å². The Morgan fingerprint density at radius 2 is 1.96 bits per heavy atom. The maximum Gasteiger partial charge on any atom is 0.336 e. The van der Waals surface area contributed by atoms with E-state index in [0.717, 1.165) is 12.2 Å². The van der Waals surface area contributed by atoms with E-state index < -0.39 is 5.97 Å². The van der Waals surface area contributed by atoms with Gasteiger partial charge in [0, 0.05) is 11.2 Å². The minimum Gasteiger partial charge on any atom is -0.478 e. The molecule has 3 aliphatic rings. The summed E-state index contributed by atoms with van der Waals surface area (Å²) in [7, 11) is 0. The molecule has 1 aromatic rings. The Morgan fingerprint density at radius 3 is 2.61 bits per heavy atom. The molecule has 1 N–H and O–H groups in total. The van der Waals surface area contributed by atoms with Crippen molar-refractivity contribution >= 4 is 23.8 Å². The van der Waals surface area contributed by atoms with Crippen molar-refractivity contribution in [3.8, 4) is 0 Å². The van der Waals surface area contributed by atoms with Crippen LogP contribution in [0.25, 0.3) is 0 Å². The van der Waals surface area contributed by atoms with Crippen molar-refractivity contribution in [2.45, 2.75) is 39.2 Å². The van der Waals surface area contributed by atoms with Crippen LogP contribution in [0.5, 0.6) is 0 Å². The number of nitrogens with zero attached hydrogens (tertiary/aromatic N) is 1. The lowest BCUT2D eigenvalue weighted by Crippen LogP contribution is -2.43. The number of benzene rings is 1. The summed E-state index contributed by atoms with van der Waals surface area (Å²) < 4.78 is 1.89. The second-order valence-corrected chi connectivity index (χ2v) is 8.56. The fourth-order valence-corrected chi connectivity index (χ4v) is 6.91. The van der Waals surface area contributed by atoms with Gasteiger partial charge in [-0.15, -0.1) is 0 Å². The molecule has 2 bridgehead atoms. The van der Waals surface area contributed by atoms with Crippen molar-refractivity contribution in [3.63, 3.8) is 0 Å². The fourth-order valence-electron chi connectivity index (χ4n) is 5.15.